The Balaban J connectivity index is 2.00. The molecule has 0 fully saturated rings. The number of rotatable bonds is 7. The molecule has 2 heterocycles. The summed E-state index contributed by atoms with van der Waals surface area (Å²) < 4.78 is 7.20. The Morgan fingerprint density at radius 1 is 1.15 bits per heavy atom. The van der Waals surface area contributed by atoms with Crippen molar-refractivity contribution in [3.63, 3.8) is 0 Å². The average Bonchev–Trinajstić information content (AvgIpc) is 3.31. The van der Waals surface area contributed by atoms with E-state index in [1.165, 1.54) is 12.4 Å². The third kappa shape index (κ3) is 3.32. The molecule has 140 valence electrons. The average molecular weight is 364 g/mol. The third-order valence-corrected chi connectivity index (χ3v) is 5.25. The van der Waals surface area contributed by atoms with Crippen molar-refractivity contribution in [2.45, 2.75) is 32.1 Å². The quantitative estimate of drug-likeness (QED) is 0.622. The van der Waals surface area contributed by atoms with E-state index in [0.717, 1.165) is 16.7 Å². The summed E-state index contributed by atoms with van der Waals surface area (Å²) in [6, 6.07) is 7.96. The van der Waals surface area contributed by atoms with Crippen LogP contribution in [-0.2, 0) is 12.5 Å². The van der Waals surface area contributed by atoms with Crippen molar-refractivity contribution in [3.8, 4) is 11.5 Å². The fourth-order valence-electron chi connectivity index (χ4n) is 3.10. The first-order valence-electron chi connectivity index (χ1n) is 8.85. The zero-order valence-corrected chi connectivity index (χ0v) is 16.0. The van der Waals surface area contributed by atoms with Gasteiger partial charge in [0.1, 0.15) is 0 Å². The summed E-state index contributed by atoms with van der Waals surface area (Å²) in [4.78, 5) is 4.65. The zero-order chi connectivity index (χ0) is 19.6. The van der Waals surface area contributed by atoms with E-state index in [9.17, 15) is 0 Å². The molecule has 0 aliphatic carbocycles. The van der Waals surface area contributed by atoms with Crippen molar-refractivity contribution in [2.24, 2.45) is 13.0 Å². The number of aryl methyl sites for hydroxylation is 1. The Hall–Kier alpha value is -3.09. The van der Waals surface area contributed by atoms with Gasteiger partial charge in [0, 0.05) is 25.7 Å². The molecule has 27 heavy (non-hydrogen) atoms. The van der Waals surface area contributed by atoms with E-state index in [1.807, 2.05) is 37.5 Å². The summed E-state index contributed by atoms with van der Waals surface area (Å²) in [5.41, 5.74) is 2.33. The molecular formula is C20H24N6O. The molecule has 3 aromatic rings. The lowest BCUT2D eigenvalue weighted by Crippen LogP contribution is -2.31. The SMILES string of the molecule is CC(C)C(C)(c1ccc(C(C=N)C=N)cc1)c1noc(-c2cnn(C)c2)n1. The molecule has 0 saturated heterocycles. The summed E-state index contributed by atoms with van der Waals surface area (Å²) >= 11 is 0. The van der Waals surface area contributed by atoms with Crippen molar-refractivity contribution >= 4 is 12.4 Å². The van der Waals surface area contributed by atoms with E-state index in [4.69, 9.17) is 15.3 Å². The number of hydrogen-bond donors (Lipinski definition) is 2. The summed E-state index contributed by atoms with van der Waals surface area (Å²) in [5, 5.41) is 23.3. The van der Waals surface area contributed by atoms with Crippen molar-refractivity contribution < 1.29 is 4.52 Å². The summed E-state index contributed by atoms with van der Waals surface area (Å²) in [6.07, 6.45) is 6.08. The van der Waals surface area contributed by atoms with Crippen LogP contribution in [0.4, 0.5) is 0 Å². The molecular weight excluding hydrogens is 340 g/mol. The molecule has 0 bridgehead atoms. The van der Waals surface area contributed by atoms with Crippen molar-refractivity contribution in [2.75, 3.05) is 0 Å². The normalized spacial score (nSPS) is 14.7. The summed E-state index contributed by atoms with van der Waals surface area (Å²) in [5.74, 6) is 1.00. The molecule has 0 radical (unpaired) electrons. The minimum absolute atomic E-state index is 0.226. The van der Waals surface area contributed by atoms with Crippen LogP contribution in [0.2, 0.25) is 0 Å². The predicted octanol–water partition coefficient (Wildman–Crippen LogP) is 3.81. The van der Waals surface area contributed by atoms with Crippen LogP contribution in [0.1, 0.15) is 43.6 Å². The van der Waals surface area contributed by atoms with Gasteiger partial charge in [-0.1, -0.05) is 43.3 Å². The van der Waals surface area contributed by atoms with Gasteiger partial charge in [0.05, 0.1) is 23.1 Å². The summed E-state index contributed by atoms with van der Waals surface area (Å²) in [6.45, 7) is 6.37. The van der Waals surface area contributed by atoms with Crippen LogP contribution in [0.25, 0.3) is 11.5 Å². The van der Waals surface area contributed by atoms with Crippen LogP contribution >= 0.6 is 0 Å². The number of benzene rings is 1. The zero-order valence-electron chi connectivity index (χ0n) is 16.0. The minimum atomic E-state index is -0.437. The van der Waals surface area contributed by atoms with E-state index in [2.05, 4.69) is 36.0 Å². The lowest BCUT2D eigenvalue weighted by atomic mass is 9.72. The molecule has 0 spiro atoms. The Bertz CT molecular complexity index is 932. The van der Waals surface area contributed by atoms with Crippen LogP contribution in [0.15, 0.2) is 41.2 Å². The highest BCUT2D eigenvalue weighted by atomic mass is 16.5. The second-order valence-corrected chi connectivity index (χ2v) is 7.16. The van der Waals surface area contributed by atoms with Gasteiger partial charge < -0.3 is 15.3 Å². The topological polar surface area (TPSA) is 104 Å². The van der Waals surface area contributed by atoms with Crippen molar-refractivity contribution in [1.29, 1.82) is 10.8 Å². The number of aromatic nitrogens is 4. The van der Waals surface area contributed by atoms with Gasteiger partial charge in [-0.3, -0.25) is 4.68 Å². The number of nitrogens with one attached hydrogen (secondary N) is 2. The first-order chi connectivity index (χ1) is 12.9. The Morgan fingerprint density at radius 3 is 2.33 bits per heavy atom. The van der Waals surface area contributed by atoms with E-state index in [0.29, 0.717) is 11.7 Å². The molecule has 0 aliphatic rings. The highest BCUT2D eigenvalue weighted by Gasteiger charge is 2.37. The van der Waals surface area contributed by atoms with Crippen LogP contribution < -0.4 is 0 Å². The maximum Gasteiger partial charge on any atom is 0.261 e. The number of hydrogen-bond acceptors (Lipinski definition) is 6. The van der Waals surface area contributed by atoms with Crippen molar-refractivity contribution in [3.05, 3.63) is 53.6 Å². The second kappa shape index (κ2) is 7.26. The fraction of sp³-hybridized carbons (Fsp3) is 0.350. The van der Waals surface area contributed by atoms with Gasteiger partial charge >= 0.3 is 0 Å². The Morgan fingerprint density at radius 2 is 1.81 bits per heavy atom. The van der Waals surface area contributed by atoms with E-state index < -0.39 is 5.41 Å². The smallest absolute Gasteiger partial charge is 0.261 e. The van der Waals surface area contributed by atoms with Crippen LogP contribution in [0, 0.1) is 16.7 Å². The maximum absolute atomic E-state index is 7.45. The Labute approximate surface area is 158 Å². The molecule has 7 heteroatoms. The van der Waals surface area contributed by atoms with Gasteiger partial charge in [-0.2, -0.15) is 10.1 Å². The first-order valence-corrected chi connectivity index (χ1v) is 8.85. The predicted molar refractivity (Wildman–Crippen MR) is 105 cm³/mol. The monoisotopic (exact) mass is 364 g/mol. The molecule has 2 N–H and O–H groups in total. The molecule has 0 amide bonds. The Kier molecular flexibility index (Phi) is 5.03. The van der Waals surface area contributed by atoms with E-state index in [-0.39, 0.29) is 11.8 Å². The lowest BCUT2D eigenvalue weighted by Gasteiger charge is -2.31. The molecule has 3 rings (SSSR count). The van der Waals surface area contributed by atoms with E-state index in [1.54, 1.807) is 10.9 Å². The van der Waals surface area contributed by atoms with Gasteiger partial charge in [-0.25, -0.2) is 0 Å². The molecule has 0 saturated carbocycles. The first kappa shape index (κ1) is 18.7. The van der Waals surface area contributed by atoms with Gasteiger partial charge in [0.25, 0.3) is 5.89 Å². The summed E-state index contributed by atoms with van der Waals surface area (Å²) in [7, 11) is 1.84. The molecule has 7 nitrogen and oxygen atoms in total. The van der Waals surface area contributed by atoms with Crippen molar-refractivity contribution in [1.82, 2.24) is 19.9 Å². The van der Waals surface area contributed by atoms with Gasteiger partial charge in [-0.15, -0.1) is 0 Å². The maximum atomic E-state index is 7.45. The highest BCUT2D eigenvalue weighted by molar-refractivity contribution is 5.87. The van der Waals surface area contributed by atoms with Crippen LogP contribution in [0.3, 0.4) is 0 Å². The van der Waals surface area contributed by atoms with Gasteiger partial charge in [-0.05, 0) is 24.0 Å². The minimum Gasteiger partial charge on any atom is -0.334 e. The molecule has 1 atom stereocenters. The van der Waals surface area contributed by atoms with Gasteiger partial charge in [0.2, 0.25) is 0 Å². The van der Waals surface area contributed by atoms with E-state index >= 15 is 0 Å². The largest absolute Gasteiger partial charge is 0.334 e. The molecule has 1 unspecified atom stereocenters. The third-order valence-electron chi connectivity index (χ3n) is 5.25. The molecule has 1 aromatic carbocycles. The second-order valence-electron chi connectivity index (χ2n) is 7.16. The standard InChI is InChI=1S/C20H24N6O/c1-13(2)20(3,17-7-5-14(6-8-17)15(9-21)10-22)19-24-18(27-25-19)16-11-23-26(4)12-16/h5-13,15,21-22H,1-4H3. The van der Waals surface area contributed by atoms with Gasteiger partial charge in [0.15, 0.2) is 5.82 Å². The van der Waals surface area contributed by atoms with Crippen LogP contribution in [0.5, 0.6) is 0 Å². The molecule has 0 aliphatic heterocycles. The van der Waals surface area contributed by atoms with Crippen LogP contribution in [-0.4, -0.2) is 32.4 Å². The fourth-order valence-corrected chi connectivity index (χ4v) is 3.10. The number of nitrogens with zero attached hydrogens (tertiary/aromatic N) is 4. The highest BCUT2D eigenvalue weighted by Crippen LogP contribution is 2.38. The lowest BCUT2D eigenvalue weighted by molar-refractivity contribution is 0.350. The molecule has 2 aromatic heterocycles.